The highest BCUT2D eigenvalue weighted by molar-refractivity contribution is 14.1. The van der Waals surface area contributed by atoms with Crippen LogP contribution in [-0.2, 0) is 17.7 Å². The van der Waals surface area contributed by atoms with E-state index >= 15 is 0 Å². The van der Waals surface area contributed by atoms with Crippen LogP contribution in [0.15, 0.2) is 146 Å². The maximum Gasteiger partial charge on any atom is 0.123 e. The largest absolute Gasteiger partial charge is 0.507 e. The van der Waals surface area contributed by atoms with Gasteiger partial charge in [0.25, 0.3) is 0 Å². The first-order chi connectivity index (χ1) is 32.8. The Bertz CT molecular complexity index is 2630. The molecule has 0 spiro atoms. The van der Waals surface area contributed by atoms with Crippen LogP contribution in [0.5, 0.6) is 46.0 Å². The first-order valence-electron chi connectivity index (χ1n) is 21.6. The third kappa shape index (κ3) is 9.17. The van der Waals surface area contributed by atoms with E-state index in [1.807, 2.05) is 97.1 Å². The summed E-state index contributed by atoms with van der Waals surface area (Å²) in [5, 5.41) is 96.8. The van der Waals surface area contributed by atoms with Gasteiger partial charge in [0.2, 0.25) is 0 Å². The van der Waals surface area contributed by atoms with Crippen LogP contribution in [0.25, 0.3) is 0 Å². The Labute approximate surface area is 448 Å². The van der Waals surface area contributed by atoms with Crippen LogP contribution in [0.1, 0.15) is 113 Å². The van der Waals surface area contributed by atoms with Crippen molar-refractivity contribution in [3.8, 4) is 46.0 Å². The molecule has 0 aromatic heterocycles. The molecule has 0 saturated carbocycles. The van der Waals surface area contributed by atoms with E-state index < -0.39 is 23.7 Å². The van der Waals surface area contributed by atoms with Crippen LogP contribution in [0.2, 0.25) is 0 Å². The fourth-order valence-electron chi connectivity index (χ4n) is 9.60. The molecule has 8 nitrogen and oxygen atoms in total. The van der Waals surface area contributed by atoms with E-state index in [9.17, 15) is 40.9 Å². The lowest BCUT2D eigenvalue weighted by Gasteiger charge is -2.30. The van der Waals surface area contributed by atoms with Gasteiger partial charge in [0.15, 0.2) is 0 Å². The van der Waals surface area contributed by atoms with Gasteiger partial charge in [-0.3, -0.25) is 0 Å². The number of phenols is 8. The Morgan fingerprint density at radius 1 is 0.235 bits per heavy atom. The number of phenolic OH excluding ortho intramolecular Hbond substituents is 8. The van der Waals surface area contributed by atoms with Gasteiger partial charge in [0.1, 0.15) is 46.0 Å². The predicted octanol–water partition coefficient (Wildman–Crippen LogP) is 14.1. The van der Waals surface area contributed by atoms with Crippen LogP contribution in [0.4, 0.5) is 0 Å². The number of fused-ring (bicyclic) bond motifs is 8. The number of benzene rings is 8. The van der Waals surface area contributed by atoms with Crippen LogP contribution in [0, 0.1) is 0 Å². The molecule has 0 radical (unpaired) electrons. The van der Waals surface area contributed by atoms with Crippen molar-refractivity contribution >= 4 is 90.4 Å². The third-order valence-corrected chi connectivity index (χ3v) is 16.6. The second-order valence-corrected chi connectivity index (χ2v) is 20.2. The number of hydrogen-bond acceptors (Lipinski definition) is 8. The van der Waals surface area contributed by atoms with Gasteiger partial charge in [0, 0.05) is 110 Å². The Morgan fingerprint density at radius 3 is 0.515 bits per heavy atom. The molecular weight excluding hydrogens is 1310 g/mol. The fraction of sp³-hybridized carbons (Fsp3) is 0.143. The number of alkyl halides is 4. The fourth-order valence-corrected chi connectivity index (χ4v) is 11.6. The van der Waals surface area contributed by atoms with Gasteiger partial charge in [0.05, 0.1) is 0 Å². The molecule has 8 aromatic carbocycles. The van der Waals surface area contributed by atoms with Crippen molar-refractivity contribution in [2.24, 2.45) is 0 Å². The summed E-state index contributed by atoms with van der Waals surface area (Å²) in [6.45, 7) is 0. The van der Waals surface area contributed by atoms with Crippen LogP contribution >= 0.6 is 90.4 Å². The van der Waals surface area contributed by atoms with Crippen molar-refractivity contribution in [2.75, 3.05) is 0 Å². The predicted molar refractivity (Wildman–Crippen MR) is 300 cm³/mol. The molecule has 8 N–H and O–H groups in total. The number of halogens is 4. The summed E-state index contributed by atoms with van der Waals surface area (Å²) in [5.74, 6) is -5.73. The molecule has 8 bridgehead atoms. The molecule has 0 fully saturated rings. The molecule has 1 aliphatic carbocycles. The zero-order chi connectivity index (χ0) is 48.0. The van der Waals surface area contributed by atoms with Crippen LogP contribution < -0.4 is 0 Å². The van der Waals surface area contributed by atoms with E-state index in [0.29, 0.717) is 66.8 Å². The van der Waals surface area contributed by atoms with E-state index in [2.05, 4.69) is 90.4 Å². The van der Waals surface area contributed by atoms with E-state index in [1.54, 1.807) is 24.3 Å². The molecule has 0 unspecified atom stereocenters. The molecule has 344 valence electrons. The lowest BCUT2D eigenvalue weighted by Crippen LogP contribution is -2.13. The zero-order valence-corrected chi connectivity index (χ0v) is 44.7. The van der Waals surface area contributed by atoms with Crippen molar-refractivity contribution in [3.63, 3.8) is 0 Å². The standard InChI is InChI=1S/C56H44I4O8/c57-25-29-1-9-33(10-2-29)53-37-17-39(47(63)21-45(37)61)54(34-11-3-30(26-58)4-12-34)41-19-43(51(67)23-49(41)65)56(36-15-7-32(28-60)8-16-36)44-20-42(50(66)24-52(44)68)55(35-13-5-31(27-59)6-14-35)40-18-38(53)46(62)22-48(40)64/h1-24,53-56,61-68H,25-28H2. The molecule has 68 heavy (non-hydrogen) atoms. The van der Waals surface area contributed by atoms with Crippen LogP contribution in [-0.4, -0.2) is 40.9 Å². The highest BCUT2D eigenvalue weighted by Gasteiger charge is 2.35. The quantitative estimate of drug-likeness (QED) is 0.0551. The normalized spacial score (nSPS) is 16.6. The molecule has 0 heterocycles. The second kappa shape index (κ2) is 20.2. The first-order valence-corrected chi connectivity index (χ1v) is 27.7. The minimum absolute atomic E-state index is 0.263. The van der Waals surface area contributed by atoms with Gasteiger partial charge in [-0.15, -0.1) is 0 Å². The minimum Gasteiger partial charge on any atom is -0.507 e. The van der Waals surface area contributed by atoms with Crippen LogP contribution in [0.3, 0.4) is 0 Å². The highest BCUT2D eigenvalue weighted by atomic mass is 127. The summed E-state index contributed by atoms with van der Waals surface area (Å²) in [4.78, 5) is 0. The smallest absolute Gasteiger partial charge is 0.123 e. The van der Waals surface area contributed by atoms with Crippen molar-refractivity contribution in [2.45, 2.75) is 41.4 Å². The van der Waals surface area contributed by atoms with E-state index in [1.165, 1.54) is 24.3 Å². The Kier molecular flexibility index (Phi) is 14.3. The van der Waals surface area contributed by atoms with Crippen molar-refractivity contribution in [1.82, 2.24) is 0 Å². The van der Waals surface area contributed by atoms with Gasteiger partial charge in [-0.05, 0) is 68.8 Å². The van der Waals surface area contributed by atoms with Crippen molar-refractivity contribution < 1.29 is 40.9 Å². The maximum atomic E-state index is 12.1. The molecule has 0 amide bonds. The SMILES string of the molecule is Oc1cc(O)c2cc1C(c1ccc(CI)cc1)c1cc(c(O)cc1O)C(c1ccc(CI)cc1)c1cc(c(O)cc1O)C(c1ccc(CI)cc1)c1cc(c(O)cc1O)C2c1ccc(CI)cc1. The molecule has 0 aliphatic heterocycles. The summed E-state index contributed by atoms with van der Waals surface area (Å²) in [7, 11) is 0. The maximum absolute atomic E-state index is 12.1. The van der Waals surface area contributed by atoms with E-state index in [-0.39, 0.29) is 46.0 Å². The average Bonchev–Trinajstić information content (AvgIpc) is 3.34. The van der Waals surface area contributed by atoms with E-state index in [0.717, 1.165) is 40.0 Å². The summed E-state index contributed by atoms with van der Waals surface area (Å²) >= 11 is 9.16. The van der Waals surface area contributed by atoms with Crippen molar-refractivity contribution in [3.05, 3.63) is 235 Å². The Morgan fingerprint density at radius 2 is 0.382 bits per heavy atom. The van der Waals surface area contributed by atoms with Gasteiger partial charge in [-0.25, -0.2) is 0 Å². The summed E-state index contributed by atoms with van der Waals surface area (Å²) in [6.07, 6.45) is 0. The molecule has 0 saturated heterocycles. The third-order valence-electron chi connectivity index (χ3n) is 13.1. The Hall–Kier alpha value is -4.92. The van der Waals surface area contributed by atoms with Crippen molar-refractivity contribution in [1.29, 1.82) is 0 Å². The molecule has 12 heteroatoms. The highest BCUT2D eigenvalue weighted by Crippen LogP contribution is 2.53. The molecule has 9 rings (SSSR count). The lowest BCUT2D eigenvalue weighted by molar-refractivity contribution is 0.431. The minimum atomic E-state index is -0.906. The van der Waals surface area contributed by atoms with E-state index in [4.69, 9.17) is 0 Å². The van der Waals surface area contributed by atoms with Gasteiger partial charge < -0.3 is 40.9 Å². The zero-order valence-electron chi connectivity index (χ0n) is 36.1. The number of rotatable bonds is 8. The number of hydrogen-bond donors (Lipinski definition) is 8. The summed E-state index contributed by atoms with van der Waals surface area (Å²) in [6, 6.07) is 43.1. The lowest BCUT2D eigenvalue weighted by atomic mass is 9.75. The Balaban J connectivity index is 1.46. The summed E-state index contributed by atoms with van der Waals surface area (Å²) in [5.41, 5.74) is 9.48. The molecule has 1 aliphatic rings. The average molecular weight is 1350 g/mol. The monoisotopic (exact) mass is 1350 g/mol. The first kappa shape index (κ1) is 48.1. The topological polar surface area (TPSA) is 162 Å². The molecular formula is C56H44I4O8. The van der Waals surface area contributed by atoms with Gasteiger partial charge in [-0.1, -0.05) is 187 Å². The number of aromatic hydroxyl groups is 8. The van der Waals surface area contributed by atoms with Gasteiger partial charge >= 0.3 is 0 Å². The molecule has 0 atom stereocenters. The summed E-state index contributed by atoms with van der Waals surface area (Å²) < 4.78 is 2.96. The second-order valence-electron chi connectivity index (χ2n) is 17.1. The molecule has 8 aromatic rings. The van der Waals surface area contributed by atoms with Gasteiger partial charge in [-0.2, -0.15) is 0 Å².